The van der Waals surface area contributed by atoms with Crippen LogP contribution in [0.25, 0.3) is 10.8 Å². The Balaban J connectivity index is 0.000000232. The molecule has 5 N–H and O–H groups in total. The highest BCUT2D eigenvalue weighted by atomic mass is 19.1. The van der Waals surface area contributed by atoms with Gasteiger partial charge < -0.3 is 5.48 Å². The molecule has 0 saturated heterocycles. The first kappa shape index (κ1) is 18.8. The summed E-state index contributed by atoms with van der Waals surface area (Å²) in [6.45, 7) is 0. The van der Waals surface area contributed by atoms with Crippen LogP contribution in [-0.4, -0.2) is 11.4 Å². The minimum Gasteiger partial charge on any atom is -0.412 e. The Kier molecular flexibility index (Phi) is 6.16. The SMILES string of the molecule is NNC(=O)c1ccc(F)cc1.O.O=c1c(=O)c2ccccc2c1=O. The number of hydrogen-bond acceptors (Lipinski definition) is 5. The molecule has 0 aliphatic carbocycles. The Labute approximate surface area is 134 Å². The molecule has 7 nitrogen and oxygen atoms in total. The second kappa shape index (κ2) is 7.86. The van der Waals surface area contributed by atoms with Crippen molar-refractivity contribution in [1.82, 2.24) is 5.43 Å². The van der Waals surface area contributed by atoms with Gasteiger partial charge in [0.15, 0.2) is 0 Å². The second-order valence-corrected chi connectivity index (χ2v) is 4.51. The van der Waals surface area contributed by atoms with Gasteiger partial charge >= 0.3 is 0 Å². The number of hydrogen-bond donors (Lipinski definition) is 2. The maximum Gasteiger partial charge on any atom is 0.273 e. The Bertz CT molecular complexity index is 942. The lowest BCUT2D eigenvalue weighted by molar-refractivity contribution is 0.0953. The zero-order valence-corrected chi connectivity index (χ0v) is 12.2. The summed E-state index contributed by atoms with van der Waals surface area (Å²) in [4.78, 5) is 43.7. The smallest absolute Gasteiger partial charge is 0.273 e. The topological polar surface area (TPSA) is 138 Å². The number of nitrogens with two attached hydrogens (primary N) is 1. The number of amides is 1. The van der Waals surface area contributed by atoms with Crippen LogP contribution >= 0.6 is 0 Å². The summed E-state index contributed by atoms with van der Waals surface area (Å²) in [5.74, 6) is 4.05. The first-order chi connectivity index (χ1) is 11.0. The lowest BCUT2D eigenvalue weighted by Crippen LogP contribution is -2.29. The van der Waals surface area contributed by atoms with Gasteiger partial charge in [-0.15, -0.1) is 0 Å². The number of halogens is 1. The van der Waals surface area contributed by atoms with Gasteiger partial charge in [0, 0.05) is 16.3 Å². The van der Waals surface area contributed by atoms with Crippen molar-refractivity contribution in [2.24, 2.45) is 5.84 Å². The number of carbonyl (C=O) groups excluding carboxylic acids is 1. The molecule has 0 aliphatic rings. The molecule has 0 unspecified atom stereocenters. The van der Waals surface area contributed by atoms with Gasteiger partial charge in [0.05, 0.1) is 0 Å². The molecule has 3 aromatic rings. The van der Waals surface area contributed by atoms with Crippen LogP contribution in [-0.2, 0) is 0 Å². The van der Waals surface area contributed by atoms with Crippen LogP contribution < -0.4 is 27.6 Å². The van der Waals surface area contributed by atoms with Crippen molar-refractivity contribution in [3.8, 4) is 0 Å². The molecule has 0 bridgehead atoms. The van der Waals surface area contributed by atoms with Gasteiger partial charge in [-0.3, -0.25) is 24.6 Å². The van der Waals surface area contributed by atoms with E-state index in [2.05, 4.69) is 0 Å². The van der Waals surface area contributed by atoms with E-state index in [0.29, 0.717) is 5.56 Å². The molecule has 24 heavy (non-hydrogen) atoms. The number of benzene rings is 2. The molecule has 0 radical (unpaired) electrons. The van der Waals surface area contributed by atoms with Crippen LogP contribution in [0.5, 0.6) is 0 Å². The zero-order valence-electron chi connectivity index (χ0n) is 12.2. The van der Waals surface area contributed by atoms with Crippen molar-refractivity contribution >= 4 is 16.7 Å². The first-order valence-corrected chi connectivity index (χ1v) is 6.44. The van der Waals surface area contributed by atoms with Crippen LogP contribution in [0.4, 0.5) is 4.39 Å². The molecule has 3 aromatic carbocycles. The normalized spacial score (nSPS) is 9.58. The molecule has 8 heteroatoms. The van der Waals surface area contributed by atoms with Gasteiger partial charge in [-0.1, -0.05) is 24.3 Å². The number of rotatable bonds is 1. The Morgan fingerprint density at radius 1 is 0.833 bits per heavy atom. The molecule has 0 aliphatic heterocycles. The Hall–Kier alpha value is -3.23. The fraction of sp³-hybridized carbons (Fsp3) is 0. The lowest BCUT2D eigenvalue weighted by atomic mass is 10.2. The summed E-state index contributed by atoms with van der Waals surface area (Å²) in [7, 11) is 0. The van der Waals surface area contributed by atoms with Crippen LogP contribution in [0, 0.1) is 5.82 Å². The molecule has 0 aromatic heterocycles. The molecular formula is C16H13FN2O5. The van der Waals surface area contributed by atoms with Crippen molar-refractivity contribution in [3.63, 3.8) is 0 Å². The molecular weight excluding hydrogens is 319 g/mol. The number of nitrogen functional groups attached to an aromatic ring is 1. The van der Waals surface area contributed by atoms with Crippen LogP contribution in [0.15, 0.2) is 62.9 Å². The fourth-order valence-corrected chi connectivity index (χ4v) is 1.91. The van der Waals surface area contributed by atoms with E-state index in [4.69, 9.17) is 5.84 Å². The van der Waals surface area contributed by atoms with Crippen molar-refractivity contribution in [1.29, 1.82) is 0 Å². The summed E-state index contributed by atoms with van der Waals surface area (Å²) in [5, 5.41) is 0.458. The highest BCUT2D eigenvalue weighted by molar-refractivity contribution is 5.93. The third-order valence-corrected chi connectivity index (χ3v) is 3.07. The van der Waals surface area contributed by atoms with E-state index in [1.807, 2.05) is 5.43 Å². The van der Waals surface area contributed by atoms with Crippen molar-refractivity contribution in [2.45, 2.75) is 0 Å². The molecule has 0 atom stereocenters. The van der Waals surface area contributed by atoms with E-state index < -0.39 is 22.2 Å². The number of hydrazine groups is 1. The first-order valence-electron chi connectivity index (χ1n) is 6.44. The summed E-state index contributed by atoms with van der Waals surface area (Å²) in [6.07, 6.45) is 0. The number of carbonyl (C=O) groups is 1. The molecule has 0 heterocycles. The fourth-order valence-electron chi connectivity index (χ4n) is 1.91. The Morgan fingerprint density at radius 2 is 1.29 bits per heavy atom. The maximum atomic E-state index is 12.3. The van der Waals surface area contributed by atoms with E-state index in [1.165, 1.54) is 36.4 Å². The van der Waals surface area contributed by atoms with Gasteiger partial charge in [-0.25, -0.2) is 10.2 Å². The predicted molar refractivity (Wildman–Crippen MR) is 86.8 cm³/mol. The summed E-state index contributed by atoms with van der Waals surface area (Å²) in [5.41, 5.74) is -0.00854. The van der Waals surface area contributed by atoms with Crippen LogP contribution in [0.1, 0.15) is 10.4 Å². The lowest BCUT2D eigenvalue weighted by Gasteiger charge is -1.97. The largest absolute Gasteiger partial charge is 0.412 e. The average molecular weight is 332 g/mol. The highest BCUT2D eigenvalue weighted by Crippen LogP contribution is 2.02. The van der Waals surface area contributed by atoms with Gasteiger partial charge in [0.25, 0.3) is 11.3 Å². The number of nitrogens with one attached hydrogen (secondary N) is 1. The third-order valence-electron chi connectivity index (χ3n) is 3.07. The van der Waals surface area contributed by atoms with Crippen molar-refractivity contribution in [3.05, 3.63) is 90.6 Å². The van der Waals surface area contributed by atoms with E-state index in [0.717, 1.165) is 0 Å². The number of fused-ring (bicyclic) bond motifs is 1. The van der Waals surface area contributed by atoms with Gasteiger partial charge in [0.1, 0.15) is 5.82 Å². The molecule has 1 amide bonds. The second-order valence-electron chi connectivity index (χ2n) is 4.51. The van der Waals surface area contributed by atoms with Crippen LogP contribution in [0.3, 0.4) is 0 Å². The van der Waals surface area contributed by atoms with Gasteiger partial charge in [-0.2, -0.15) is 0 Å². The zero-order chi connectivity index (χ0) is 17.0. The summed E-state index contributed by atoms with van der Waals surface area (Å²) in [6, 6.07) is 11.3. The van der Waals surface area contributed by atoms with E-state index in [-0.39, 0.29) is 22.1 Å². The average Bonchev–Trinajstić information content (AvgIpc) is 2.80. The highest BCUT2D eigenvalue weighted by Gasteiger charge is 2.09. The minimum atomic E-state index is -0.920. The molecule has 0 saturated carbocycles. The van der Waals surface area contributed by atoms with Crippen molar-refractivity contribution in [2.75, 3.05) is 0 Å². The predicted octanol–water partition coefficient (Wildman–Crippen LogP) is -0.600. The van der Waals surface area contributed by atoms with Gasteiger partial charge in [-0.05, 0) is 24.3 Å². The van der Waals surface area contributed by atoms with Gasteiger partial charge in [0.2, 0.25) is 10.9 Å². The molecule has 124 valence electrons. The van der Waals surface area contributed by atoms with E-state index in [1.54, 1.807) is 12.1 Å². The molecule has 0 fully saturated rings. The molecule has 0 spiro atoms. The van der Waals surface area contributed by atoms with E-state index >= 15 is 0 Å². The Morgan fingerprint density at radius 3 is 1.71 bits per heavy atom. The van der Waals surface area contributed by atoms with E-state index in [9.17, 15) is 23.6 Å². The monoisotopic (exact) mass is 332 g/mol. The molecule has 3 rings (SSSR count). The van der Waals surface area contributed by atoms with Crippen LogP contribution in [0.2, 0.25) is 0 Å². The minimum absolute atomic E-state index is 0. The summed E-state index contributed by atoms with van der Waals surface area (Å²) < 4.78 is 12.3. The summed E-state index contributed by atoms with van der Waals surface area (Å²) >= 11 is 0. The third kappa shape index (κ3) is 3.75. The standard InChI is InChI=1S/C9H4O3.C7H7FN2O.H2O/c10-7-5-3-1-2-4-6(5)8(11)9(7)12;8-6-3-1-5(2-4-6)7(11)10-9;/h1-4H;1-4H,9H2,(H,10,11);1H2. The maximum absolute atomic E-state index is 12.3. The quantitative estimate of drug-likeness (QED) is 0.265. The van der Waals surface area contributed by atoms with Crippen molar-refractivity contribution < 1.29 is 14.7 Å².